The Morgan fingerprint density at radius 3 is 2.63 bits per heavy atom. The summed E-state index contributed by atoms with van der Waals surface area (Å²) in [5.41, 5.74) is 1.88. The molecule has 0 saturated heterocycles. The molecule has 2 N–H and O–H groups in total. The molecule has 1 fully saturated rings. The van der Waals surface area contributed by atoms with Crippen molar-refractivity contribution in [2.75, 3.05) is 0 Å². The molecule has 1 saturated carbocycles. The van der Waals surface area contributed by atoms with Crippen LogP contribution in [0.15, 0.2) is 40.2 Å². The molecule has 0 amide bonds. The highest BCUT2D eigenvalue weighted by atomic mass is 16.1. The van der Waals surface area contributed by atoms with E-state index in [-0.39, 0.29) is 5.69 Å². The van der Waals surface area contributed by atoms with Crippen molar-refractivity contribution in [3.05, 3.63) is 46.5 Å². The third-order valence-corrected chi connectivity index (χ3v) is 3.75. The van der Waals surface area contributed by atoms with Crippen molar-refractivity contribution in [1.82, 2.24) is 9.97 Å². The van der Waals surface area contributed by atoms with E-state index in [2.05, 4.69) is 15.0 Å². The lowest BCUT2D eigenvalue weighted by Crippen LogP contribution is -2.32. The average Bonchev–Trinajstić information content (AvgIpc) is 2.81. The Labute approximate surface area is 109 Å². The summed E-state index contributed by atoms with van der Waals surface area (Å²) in [4.78, 5) is 31.3. The van der Waals surface area contributed by atoms with E-state index in [9.17, 15) is 9.59 Å². The zero-order valence-electron chi connectivity index (χ0n) is 10.3. The fourth-order valence-corrected chi connectivity index (χ4v) is 2.64. The second-order valence-corrected chi connectivity index (χ2v) is 4.79. The zero-order valence-corrected chi connectivity index (χ0v) is 10.3. The smallest absolute Gasteiger partial charge is 0.312 e. The zero-order chi connectivity index (χ0) is 13.3. The Bertz CT molecular complexity index is 703. The lowest BCUT2D eigenvalue weighted by molar-refractivity contribution is 0.256. The number of aromatic nitrogens is 2. The largest absolute Gasteiger partial charge is 0.323 e. The van der Waals surface area contributed by atoms with Crippen molar-refractivity contribution >= 4 is 6.08 Å². The van der Waals surface area contributed by atoms with E-state index in [1.54, 1.807) is 12.3 Å². The van der Waals surface area contributed by atoms with Crippen LogP contribution in [0.25, 0.3) is 11.3 Å². The van der Waals surface area contributed by atoms with Gasteiger partial charge in [0.1, 0.15) is 0 Å². The number of isocyanates is 1. The fourth-order valence-electron chi connectivity index (χ4n) is 2.64. The summed E-state index contributed by atoms with van der Waals surface area (Å²) in [6.07, 6.45) is 6.05. The monoisotopic (exact) mass is 255 g/mol. The van der Waals surface area contributed by atoms with Crippen molar-refractivity contribution in [1.29, 1.82) is 0 Å². The first-order chi connectivity index (χ1) is 9.25. The quantitative estimate of drug-likeness (QED) is 0.650. The second-order valence-electron chi connectivity index (χ2n) is 4.79. The summed E-state index contributed by atoms with van der Waals surface area (Å²) >= 11 is 0. The second kappa shape index (κ2) is 4.37. The van der Waals surface area contributed by atoms with E-state index < -0.39 is 5.54 Å². The molecule has 2 aromatic rings. The van der Waals surface area contributed by atoms with Crippen LogP contribution in [0.1, 0.15) is 24.8 Å². The molecule has 0 atom stereocenters. The molecule has 1 aromatic heterocycles. The van der Waals surface area contributed by atoms with E-state index in [0.29, 0.717) is 5.69 Å². The first kappa shape index (κ1) is 11.7. The van der Waals surface area contributed by atoms with Gasteiger partial charge in [0.15, 0.2) is 0 Å². The van der Waals surface area contributed by atoms with Gasteiger partial charge in [0.05, 0.1) is 11.2 Å². The minimum atomic E-state index is -0.466. The molecule has 0 spiro atoms. The van der Waals surface area contributed by atoms with Crippen molar-refractivity contribution in [3.63, 3.8) is 0 Å². The Morgan fingerprint density at radius 2 is 2.05 bits per heavy atom. The number of H-pyrrole nitrogens is 2. The van der Waals surface area contributed by atoms with E-state index in [0.717, 1.165) is 30.4 Å². The van der Waals surface area contributed by atoms with E-state index in [4.69, 9.17) is 0 Å². The summed E-state index contributed by atoms with van der Waals surface area (Å²) in [6, 6.07) is 7.71. The van der Waals surface area contributed by atoms with Gasteiger partial charge < -0.3 is 9.97 Å². The standard InChI is InChI=1S/C14H13N3O2/c18-9-16-14(6-3-7-14)11-5-2-1-4-10(11)12-8-15-13(19)17-12/h1-2,4-5,8H,3,6-7H2,(H2,15,17,19). The van der Waals surface area contributed by atoms with Gasteiger partial charge in [0.2, 0.25) is 6.08 Å². The Hall–Kier alpha value is -2.39. The minimum absolute atomic E-state index is 0.244. The summed E-state index contributed by atoms with van der Waals surface area (Å²) in [5.74, 6) is 0. The van der Waals surface area contributed by atoms with Gasteiger partial charge in [-0.25, -0.2) is 9.59 Å². The number of nitrogens with one attached hydrogen (secondary N) is 2. The van der Waals surface area contributed by atoms with Crippen LogP contribution in [-0.2, 0) is 10.3 Å². The number of aromatic amines is 2. The van der Waals surface area contributed by atoms with Crippen LogP contribution in [-0.4, -0.2) is 16.0 Å². The van der Waals surface area contributed by atoms with Crippen molar-refractivity contribution < 1.29 is 4.79 Å². The van der Waals surface area contributed by atoms with E-state index >= 15 is 0 Å². The fraction of sp³-hybridized carbons (Fsp3) is 0.286. The molecule has 0 radical (unpaired) electrons. The lowest BCUT2D eigenvalue weighted by Gasteiger charge is -2.38. The SMILES string of the molecule is O=C=NC1(c2ccccc2-c2c[nH]c(=O)[nH]2)CCC1. The third kappa shape index (κ3) is 1.84. The highest BCUT2D eigenvalue weighted by molar-refractivity contribution is 5.65. The summed E-state index contributed by atoms with van der Waals surface area (Å²) in [5, 5.41) is 0. The van der Waals surface area contributed by atoms with Gasteiger partial charge in [-0.3, -0.25) is 0 Å². The van der Waals surface area contributed by atoms with Crippen molar-refractivity contribution in [2.24, 2.45) is 4.99 Å². The highest BCUT2D eigenvalue weighted by Crippen LogP contribution is 2.47. The molecule has 1 aliphatic carbocycles. The van der Waals surface area contributed by atoms with Crippen LogP contribution >= 0.6 is 0 Å². The van der Waals surface area contributed by atoms with Crippen molar-refractivity contribution in [3.8, 4) is 11.3 Å². The number of rotatable bonds is 3. The number of hydrogen-bond donors (Lipinski definition) is 2. The molecular formula is C14H13N3O2. The number of aliphatic imine (C=N–C) groups is 1. The summed E-state index contributed by atoms with van der Waals surface area (Å²) < 4.78 is 0. The van der Waals surface area contributed by atoms with Crippen LogP contribution in [0.4, 0.5) is 0 Å². The molecular weight excluding hydrogens is 242 g/mol. The lowest BCUT2D eigenvalue weighted by atomic mass is 9.70. The third-order valence-electron chi connectivity index (χ3n) is 3.75. The minimum Gasteiger partial charge on any atom is -0.312 e. The van der Waals surface area contributed by atoms with Gasteiger partial charge >= 0.3 is 5.69 Å². The number of nitrogens with zero attached hydrogens (tertiary/aromatic N) is 1. The molecule has 96 valence electrons. The maximum absolute atomic E-state index is 11.2. The maximum Gasteiger partial charge on any atom is 0.323 e. The molecule has 1 aromatic carbocycles. The molecule has 0 bridgehead atoms. The predicted octanol–water partition coefficient (Wildman–Crippen LogP) is 2.08. The molecule has 19 heavy (non-hydrogen) atoms. The molecule has 5 nitrogen and oxygen atoms in total. The van der Waals surface area contributed by atoms with Crippen LogP contribution < -0.4 is 5.69 Å². The molecule has 0 aliphatic heterocycles. The average molecular weight is 255 g/mol. The highest BCUT2D eigenvalue weighted by Gasteiger charge is 2.40. The number of carbonyl (C=O) groups excluding carboxylic acids is 1. The van der Waals surface area contributed by atoms with Crippen LogP contribution in [0, 0.1) is 0 Å². The van der Waals surface area contributed by atoms with E-state index in [1.807, 2.05) is 24.3 Å². The number of benzene rings is 1. The predicted molar refractivity (Wildman–Crippen MR) is 70.5 cm³/mol. The maximum atomic E-state index is 11.2. The Balaban J connectivity index is 2.17. The van der Waals surface area contributed by atoms with E-state index in [1.165, 1.54) is 0 Å². The molecule has 1 heterocycles. The topological polar surface area (TPSA) is 78.1 Å². The van der Waals surface area contributed by atoms with Gasteiger partial charge in [-0.15, -0.1) is 0 Å². The van der Waals surface area contributed by atoms with Gasteiger partial charge in [0.25, 0.3) is 0 Å². The number of imidazole rings is 1. The van der Waals surface area contributed by atoms with Crippen LogP contribution in [0.3, 0.4) is 0 Å². The van der Waals surface area contributed by atoms with Gasteiger partial charge in [0, 0.05) is 11.8 Å². The van der Waals surface area contributed by atoms with Crippen LogP contribution in [0.5, 0.6) is 0 Å². The Morgan fingerprint density at radius 1 is 1.26 bits per heavy atom. The first-order valence-corrected chi connectivity index (χ1v) is 6.22. The van der Waals surface area contributed by atoms with Gasteiger partial charge in [-0.1, -0.05) is 24.3 Å². The Kier molecular flexibility index (Phi) is 2.69. The molecule has 5 heteroatoms. The van der Waals surface area contributed by atoms with Crippen LogP contribution in [0.2, 0.25) is 0 Å². The summed E-state index contributed by atoms with van der Waals surface area (Å²) in [7, 11) is 0. The number of hydrogen-bond acceptors (Lipinski definition) is 3. The molecule has 3 rings (SSSR count). The summed E-state index contributed by atoms with van der Waals surface area (Å²) in [6.45, 7) is 0. The molecule has 0 unspecified atom stereocenters. The van der Waals surface area contributed by atoms with Crippen molar-refractivity contribution in [2.45, 2.75) is 24.8 Å². The van der Waals surface area contributed by atoms with Gasteiger partial charge in [-0.05, 0) is 24.8 Å². The normalized spacial score (nSPS) is 16.4. The molecule has 1 aliphatic rings. The van der Waals surface area contributed by atoms with Gasteiger partial charge in [-0.2, -0.15) is 4.99 Å². The first-order valence-electron chi connectivity index (χ1n) is 6.22.